The lowest BCUT2D eigenvalue weighted by Crippen LogP contribution is -2.46. The van der Waals surface area contributed by atoms with Gasteiger partial charge < -0.3 is 24.8 Å². The number of fused-ring (bicyclic) bond motifs is 1. The summed E-state index contributed by atoms with van der Waals surface area (Å²) in [4.78, 5) is 30.7. The number of Topliss-reactive ketones (excluding diaryl/α,β-unsaturated/α-hetero) is 1. The Labute approximate surface area is 228 Å². The van der Waals surface area contributed by atoms with Gasteiger partial charge in [0.15, 0.2) is 0 Å². The fourth-order valence-corrected chi connectivity index (χ4v) is 5.96. The second-order valence-electron chi connectivity index (χ2n) is 11.2. The molecule has 0 aromatic carbocycles. The topological polar surface area (TPSA) is 129 Å². The molecule has 3 rings (SSSR count). The largest absolute Gasteiger partial charge is 0.456 e. The van der Waals surface area contributed by atoms with Gasteiger partial charge in [-0.05, 0) is 38.2 Å². The normalized spacial score (nSPS) is 36.1. The van der Waals surface area contributed by atoms with Crippen LogP contribution in [-0.4, -0.2) is 62.1 Å². The van der Waals surface area contributed by atoms with E-state index in [1.807, 2.05) is 20.8 Å². The van der Waals surface area contributed by atoms with Crippen molar-refractivity contribution in [1.82, 2.24) is 4.98 Å². The Morgan fingerprint density at radius 3 is 2.62 bits per heavy atom. The first-order chi connectivity index (χ1) is 17.3. The maximum absolute atomic E-state index is 13.4. The summed E-state index contributed by atoms with van der Waals surface area (Å²) in [5, 5.41) is 33.8. The number of carbonyl (C=O) groups excluding carboxylic acids is 2. The van der Waals surface area contributed by atoms with E-state index in [0.29, 0.717) is 23.5 Å². The third kappa shape index (κ3) is 7.19. The maximum atomic E-state index is 13.4. The Morgan fingerprint density at radius 1 is 1.30 bits per heavy atom. The van der Waals surface area contributed by atoms with Gasteiger partial charge in [-0.25, -0.2) is 4.98 Å². The number of cyclic esters (lactones) is 1. The number of aliphatic hydroxyl groups excluding tert-OH is 3. The molecular weight excluding hydrogens is 518 g/mol. The first-order valence-electron chi connectivity index (χ1n) is 13.0. The third-order valence-corrected chi connectivity index (χ3v) is 9.17. The van der Waals surface area contributed by atoms with E-state index in [2.05, 4.69) is 4.98 Å². The van der Waals surface area contributed by atoms with Gasteiger partial charge in [-0.2, -0.15) is 0 Å². The smallest absolute Gasteiger partial charge is 0.309 e. The summed E-state index contributed by atoms with van der Waals surface area (Å²) in [5.74, 6) is -1.70. The van der Waals surface area contributed by atoms with Gasteiger partial charge in [-0.1, -0.05) is 45.7 Å². The van der Waals surface area contributed by atoms with E-state index in [9.17, 15) is 24.9 Å². The van der Waals surface area contributed by atoms with Gasteiger partial charge in [0.25, 0.3) is 0 Å². The van der Waals surface area contributed by atoms with Crippen LogP contribution >= 0.6 is 22.9 Å². The Kier molecular flexibility index (Phi) is 9.97. The zero-order valence-electron chi connectivity index (χ0n) is 22.3. The van der Waals surface area contributed by atoms with Gasteiger partial charge in [0.2, 0.25) is 0 Å². The average molecular weight is 558 g/mol. The van der Waals surface area contributed by atoms with Crippen molar-refractivity contribution in [3.63, 3.8) is 0 Å². The van der Waals surface area contributed by atoms with E-state index in [0.717, 1.165) is 19.3 Å². The monoisotopic (exact) mass is 557 g/mol. The van der Waals surface area contributed by atoms with Gasteiger partial charge in [-0.3, -0.25) is 9.59 Å². The Balaban J connectivity index is 1.87. The van der Waals surface area contributed by atoms with Gasteiger partial charge in [0.05, 0.1) is 53.1 Å². The van der Waals surface area contributed by atoms with E-state index >= 15 is 0 Å². The van der Waals surface area contributed by atoms with Gasteiger partial charge in [0.1, 0.15) is 16.9 Å². The lowest BCUT2D eigenvalue weighted by atomic mass is 9.71. The molecule has 0 bridgehead atoms. The van der Waals surface area contributed by atoms with Crippen molar-refractivity contribution in [2.45, 2.75) is 110 Å². The quantitative estimate of drug-likeness (QED) is 0.370. The fourth-order valence-electron chi connectivity index (χ4n) is 5.10. The van der Waals surface area contributed by atoms with Crippen molar-refractivity contribution in [3.05, 3.63) is 21.1 Å². The van der Waals surface area contributed by atoms with Gasteiger partial charge in [-0.15, -0.1) is 11.3 Å². The highest BCUT2D eigenvalue weighted by Crippen LogP contribution is 2.45. The number of esters is 1. The molecule has 208 valence electrons. The molecule has 2 aliphatic heterocycles. The van der Waals surface area contributed by atoms with Crippen LogP contribution in [0.25, 0.3) is 6.08 Å². The molecule has 1 aromatic heterocycles. The number of hydrogen-bond donors (Lipinski definition) is 3. The van der Waals surface area contributed by atoms with E-state index < -0.39 is 47.6 Å². The second kappa shape index (κ2) is 12.2. The number of carbonyl (C=O) groups is 2. The summed E-state index contributed by atoms with van der Waals surface area (Å²) >= 11 is 7.91. The lowest BCUT2D eigenvalue weighted by molar-refractivity contribution is -0.154. The van der Waals surface area contributed by atoms with Crippen LogP contribution < -0.4 is 0 Å². The maximum Gasteiger partial charge on any atom is 0.309 e. The van der Waals surface area contributed by atoms with Crippen molar-refractivity contribution < 1.29 is 34.4 Å². The molecular formula is C27H40ClNO7S. The second-order valence-corrected chi connectivity index (χ2v) is 12.5. The summed E-state index contributed by atoms with van der Waals surface area (Å²) in [6, 6.07) is 0. The summed E-state index contributed by atoms with van der Waals surface area (Å²) < 4.78 is 11.7. The molecule has 3 heterocycles. The number of epoxide rings is 1. The Morgan fingerprint density at radius 2 is 2.00 bits per heavy atom. The summed E-state index contributed by atoms with van der Waals surface area (Å²) in [6.07, 6.45) is 1.16. The number of hydrogen-bond acceptors (Lipinski definition) is 9. The summed E-state index contributed by atoms with van der Waals surface area (Å²) in [6.45, 7) is 8.83. The molecule has 0 spiro atoms. The van der Waals surface area contributed by atoms with Crippen molar-refractivity contribution in [2.24, 2.45) is 17.3 Å². The molecule has 10 heteroatoms. The first kappa shape index (κ1) is 30.2. The summed E-state index contributed by atoms with van der Waals surface area (Å²) in [7, 11) is 0. The molecule has 0 radical (unpaired) electrons. The molecule has 2 aliphatic rings. The fraction of sp³-hybridized carbons (Fsp3) is 0.741. The molecule has 7 atom stereocenters. The highest BCUT2D eigenvalue weighted by molar-refractivity contribution is 7.09. The average Bonchev–Trinajstić information content (AvgIpc) is 3.24. The zero-order valence-corrected chi connectivity index (χ0v) is 23.8. The van der Waals surface area contributed by atoms with Crippen LogP contribution in [0.15, 0.2) is 10.4 Å². The van der Waals surface area contributed by atoms with Crippen LogP contribution in [0.2, 0.25) is 0 Å². The number of ether oxygens (including phenoxy) is 2. The predicted octanol–water partition coefficient (Wildman–Crippen LogP) is 4.23. The van der Waals surface area contributed by atoms with Crippen LogP contribution in [0.1, 0.15) is 83.8 Å². The predicted molar refractivity (Wildman–Crippen MR) is 142 cm³/mol. The highest BCUT2D eigenvalue weighted by atomic mass is 35.5. The van der Waals surface area contributed by atoms with Crippen LogP contribution in [0.4, 0.5) is 0 Å². The van der Waals surface area contributed by atoms with Crippen molar-refractivity contribution in [2.75, 3.05) is 0 Å². The standard InChI is InChI=1S/C27H40ClNO7S/c1-6-17-24(33)15(2)8-7-9-27(5)21(36-27)11-19(18(28)10-16-14-37-22(13-30)29-16)35-23(32)12-20(31)26(3,4)25(17)34/h10,14-15,17,19-21,24,30-31,33H,6-9,11-13H2,1-5H3/b18-10+/t15-,17+,19-,20-,21-,24-,27+/m0/s1. The minimum atomic E-state index is -1.30. The molecule has 3 N–H and O–H groups in total. The molecule has 0 unspecified atom stereocenters. The lowest BCUT2D eigenvalue weighted by Gasteiger charge is -2.35. The first-order valence-corrected chi connectivity index (χ1v) is 14.3. The van der Waals surface area contributed by atoms with Crippen LogP contribution in [0.5, 0.6) is 0 Å². The third-order valence-electron chi connectivity index (χ3n) is 7.97. The Bertz CT molecular complexity index is 995. The van der Waals surface area contributed by atoms with Gasteiger partial charge in [0, 0.05) is 17.7 Å². The molecule has 0 amide bonds. The minimum Gasteiger partial charge on any atom is -0.456 e. The molecule has 2 saturated heterocycles. The van der Waals surface area contributed by atoms with E-state index in [1.165, 1.54) is 11.3 Å². The molecule has 1 aromatic rings. The highest BCUT2D eigenvalue weighted by Gasteiger charge is 2.53. The molecule has 37 heavy (non-hydrogen) atoms. The number of thiazole rings is 1. The molecule has 2 fully saturated rings. The number of aliphatic hydroxyl groups is 3. The van der Waals surface area contributed by atoms with E-state index in [-0.39, 0.29) is 29.4 Å². The van der Waals surface area contributed by atoms with Crippen LogP contribution in [0.3, 0.4) is 0 Å². The van der Waals surface area contributed by atoms with E-state index in [1.54, 1.807) is 25.3 Å². The van der Waals surface area contributed by atoms with E-state index in [4.69, 9.17) is 21.1 Å². The number of rotatable bonds is 4. The van der Waals surface area contributed by atoms with Crippen molar-refractivity contribution in [1.29, 1.82) is 0 Å². The number of ketones is 1. The summed E-state index contributed by atoms with van der Waals surface area (Å²) in [5.41, 5.74) is -1.10. The number of halogens is 1. The van der Waals surface area contributed by atoms with Crippen LogP contribution in [-0.2, 0) is 25.7 Å². The molecule has 0 aliphatic carbocycles. The van der Waals surface area contributed by atoms with Gasteiger partial charge >= 0.3 is 5.97 Å². The molecule has 8 nitrogen and oxygen atoms in total. The Hall–Kier alpha value is -1.36. The van der Waals surface area contributed by atoms with Crippen molar-refractivity contribution in [3.8, 4) is 0 Å². The van der Waals surface area contributed by atoms with Crippen LogP contribution in [0, 0.1) is 17.3 Å². The zero-order chi connectivity index (χ0) is 27.5. The number of aromatic nitrogens is 1. The van der Waals surface area contributed by atoms with Crippen molar-refractivity contribution >= 4 is 40.8 Å². The SMILES string of the molecule is CC[C@H]1C(=O)C(C)(C)[C@@H](O)CC(=O)O[C@H](/C(Cl)=C\c2csc(CO)n2)C[C@@H]2O[C@]2(C)CCC[C@H](C)[C@@H]1O. The number of nitrogens with zero attached hydrogens (tertiary/aromatic N) is 1. The molecule has 0 saturated carbocycles. The minimum absolute atomic E-state index is 0.104.